The molecule has 0 aromatic carbocycles. The molecule has 2 nitrogen and oxygen atoms in total. The number of carbonyl (C=O) groups is 1. The molecule has 0 unspecified atom stereocenters. The fourth-order valence-electron chi connectivity index (χ4n) is 0.183. The highest BCUT2D eigenvalue weighted by molar-refractivity contribution is 6.19. The van der Waals surface area contributed by atoms with Gasteiger partial charge < -0.3 is 4.90 Å². The summed E-state index contributed by atoms with van der Waals surface area (Å²) in [5, 5.41) is 0. The predicted molar refractivity (Wildman–Crippen MR) is 29.3 cm³/mol. The second kappa shape index (κ2) is 2.67. The molecule has 0 saturated heterocycles. The number of hydrogen-bond acceptors (Lipinski definition) is 1. The van der Waals surface area contributed by atoms with E-state index in [0.717, 1.165) is 0 Å². The molecule has 0 rings (SSSR count). The molecule has 0 aromatic rings. The van der Waals surface area contributed by atoms with Crippen LogP contribution in [0.25, 0.3) is 0 Å². The molecule has 0 fully saturated rings. The lowest BCUT2D eigenvalue weighted by Crippen LogP contribution is -2.20. The van der Waals surface area contributed by atoms with E-state index in [2.05, 4.69) is 0 Å². The van der Waals surface area contributed by atoms with Crippen LogP contribution in [0, 0.1) is 0 Å². The minimum absolute atomic E-state index is 0.0417. The Bertz CT molecular complexity index is 72.1. The van der Waals surface area contributed by atoms with Crippen molar-refractivity contribution in [1.82, 2.24) is 4.90 Å². The van der Waals surface area contributed by atoms with E-state index in [9.17, 15) is 4.79 Å². The lowest BCUT2D eigenvalue weighted by atomic mass is 10.0. The second-order valence-corrected chi connectivity index (χ2v) is 1.49. The van der Waals surface area contributed by atoms with Crippen molar-refractivity contribution >= 4 is 13.8 Å². The zero-order valence-corrected chi connectivity index (χ0v) is 4.64. The van der Waals surface area contributed by atoms with E-state index >= 15 is 0 Å². The molecule has 3 heteroatoms. The molecule has 0 aliphatic rings. The number of hydrogen-bond donors (Lipinski definition) is 0. The summed E-state index contributed by atoms with van der Waals surface area (Å²) in [5.74, 6) is -0.0417. The molecule has 2 radical (unpaired) electrons. The third-order valence-electron chi connectivity index (χ3n) is 0.673. The molecule has 1 amide bonds. The van der Waals surface area contributed by atoms with Gasteiger partial charge in [0.25, 0.3) is 0 Å². The summed E-state index contributed by atoms with van der Waals surface area (Å²) < 4.78 is 0. The average Bonchev–Trinajstić information content (AvgIpc) is 1.65. The Morgan fingerprint density at radius 3 is 2.14 bits per heavy atom. The lowest BCUT2D eigenvalue weighted by molar-refractivity contribution is -0.126. The predicted octanol–water partition coefficient (Wildman–Crippen LogP) is -0.339. The highest BCUT2D eigenvalue weighted by Gasteiger charge is 1.94. The Kier molecular flexibility index (Phi) is 2.49. The normalized spacial score (nSPS) is 8.29. The first-order chi connectivity index (χ1) is 3.18. The van der Waals surface area contributed by atoms with E-state index in [1.165, 1.54) is 4.90 Å². The van der Waals surface area contributed by atoms with Crippen LogP contribution in [-0.2, 0) is 4.79 Å². The maximum Gasteiger partial charge on any atom is 0.213 e. The van der Waals surface area contributed by atoms with Gasteiger partial charge in [0.15, 0.2) is 0 Å². The molecular weight excluding hydrogens is 88.9 g/mol. The molecule has 0 aliphatic carbocycles. The topological polar surface area (TPSA) is 20.3 Å². The van der Waals surface area contributed by atoms with Gasteiger partial charge in [-0.15, -0.1) is 0 Å². The van der Waals surface area contributed by atoms with Crippen LogP contribution in [0.4, 0.5) is 0 Å². The van der Waals surface area contributed by atoms with Crippen molar-refractivity contribution in [3.05, 3.63) is 0 Å². The molecule has 0 aliphatic heterocycles. The molecule has 0 saturated carbocycles. The van der Waals surface area contributed by atoms with Gasteiger partial charge in [-0.25, -0.2) is 0 Å². The summed E-state index contributed by atoms with van der Waals surface area (Å²) in [6.07, 6.45) is 0.104. The van der Waals surface area contributed by atoms with Crippen LogP contribution < -0.4 is 0 Å². The van der Waals surface area contributed by atoms with E-state index in [-0.39, 0.29) is 12.2 Å². The van der Waals surface area contributed by atoms with Crippen LogP contribution >= 0.6 is 0 Å². The second-order valence-electron chi connectivity index (χ2n) is 1.49. The van der Waals surface area contributed by atoms with Crippen molar-refractivity contribution < 1.29 is 4.79 Å². The van der Waals surface area contributed by atoms with Crippen LogP contribution in [0.3, 0.4) is 0 Å². The van der Waals surface area contributed by atoms with E-state index < -0.39 is 0 Å². The number of rotatable bonds is 1. The highest BCUT2D eigenvalue weighted by Crippen LogP contribution is 1.79. The van der Waals surface area contributed by atoms with Crippen molar-refractivity contribution in [3.8, 4) is 0 Å². The first-order valence-corrected chi connectivity index (χ1v) is 2.08. The van der Waals surface area contributed by atoms with Crippen molar-refractivity contribution in [2.45, 2.75) is 6.32 Å². The van der Waals surface area contributed by atoms with E-state index in [1.54, 1.807) is 14.1 Å². The maximum atomic E-state index is 10.3. The monoisotopic (exact) mass is 97.1 g/mol. The fraction of sp³-hybridized carbons (Fsp3) is 0.750. The van der Waals surface area contributed by atoms with Gasteiger partial charge in [-0.05, 0) is 6.32 Å². The smallest absolute Gasteiger partial charge is 0.213 e. The highest BCUT2D eigenvalue weighted by atomic mass is 16.2. The van der Waals surface area contributed by atoms with Gasteiger partial charge in [-0.3, -0.25) is 4.79 Å². The quantitative estimate of drug-likeness (QED) is 0.410. The molecule has 38 valence electrons. The SMILES string of the molecule is [B]CC(=O)N(C)C. The third kappa shape index (κ3) is 2.26. The number of carbonyl (C=O) groups excluding carboxylic acids is 1. The van der Waals surface area contributed by atoms with Gasteiger partial charge in [0.2, 0.25) is 5.91 Å². The summed E-state index contributed by atoms with van der Waals surface area (Å²) in [5.41, 5.74) is 0. The first kappa shape index (κ1) is 6.53. The summed E-state index contributed by atoms with van der Waals surface area (Å²) in [6, 6.07) is 0. The Hall–Kier alpha value is -0.465. The molecule has 7 heavy (non-hydrogen) atoms. The zero-order chi connectivity index (χ0) is 5.86. The fourth-order valence-corrected chi connectivity index (χ4v) is 0.183. The maximum absolute atomic E-state index is 10.3. The van der Waals surface area contributed by atoms with Gasteiger partial charge in [-0.1, -0.05) is 0 Å². The Balaban J connectivity index is 3.35. The van der Waals surface area contributed by atoms with Crippen molar-refractivity contribution in [2.24, 2.45) is 0 Å². The van der Waals surface area contributed by atoms with Crippen molar-refractivity contribution in [1.29, 1.82) is 0 Å². The molecule has 0 bridgehead atoms. The van der Waals surface area contributed by atoms with Crippen LogP contribution in [0.1, 0.15) is 0 Å². The summed E-state index contributed by atoms with van der Waals surface area (Å²) in [7, 11) is 8.33. The Labute approximate surface area is 44.9 Å². The van der Waals surface area contributed by atoms with E-state index in [4.69, 9.17) is 7.85 Å². The van der Waals surface area contributed by atoms with Gasteiger partial charge in [0.05, 0.1) is 7.85 Å². The van der Waals surface area contributed by atoms with Gasteiger partial charge in [0, 0.05) is 14.1 Å². The summed E-state index contributed by atoms with van der Waals surface area (Å²) in [6.45, 7) is 0. The van der Waals surface area contributed by atoms with Crippen LogP contribution in [-0.4, -0.2) is 32.7 Å². The minimum Gasteiger partial charge on any atom is -0.349 e. The average molecular weight is 96.9 g/mol. The third-order valence-corrected chi connectivity index (χ3v) is 0.673. The van der Waals surface area contributed by atoms with Gasteiger partial charge in [0.1, 0.15) is 0 Å². The summed E-state index contributed by atoms with van der Waals surface area (Å²) in [4.78, 5) is 11.8. The zero-order valence-electron chi connectivity index (χ0n) is 4.64. The molecule has 0 spiro atoms. The van der Waals surface area contributed by atoms with Crippen LogP contribution in [0.15, 0.2) is 0 Å². The number of nitrogens with zero attached hydrogens (tertiary/aromatic N) is 1. The van der Waals surface area contributed by atoms with E-state index in [0.29, 0.717) is 0 Å². The standard InChI is InChI=1S/C4H8BNO/c1-6(2)4(7)3-5/h3H2,1-2H3. The van der Waals surface area contributed by atoms with Gasteiger partial charge in [-0.2, -0.15) is 0 Å². The Morgan fingerprint density at radius 1 is 1.71 bits per heavy atom. The first-order valence-electron chi connectivity index (χ1n) is 2.08. The largest absolute Gasteiger partial charge is 0.349 e. The van der Waals surface area contributed by atoms with Crippen molar-refractivity contribution in [3.63, 3.8) is 0 Å². The summed E-state index contributed by atoms with van der Waals surface area (Å²) >= 11 is 0. The lowest BCUT2D eigenvalue weighted by Gasteiger charge is -2.06. The Morgan fingerprint density at radius 2 is 2.14 bits per heavy atom. The molecule has 0 aromatic heterocycles. The van der Waals surface area contributed by atoms with Crippen LogP contribution in [0.2, 0.25) is 6.32 Å². The molecule has 0 heterocycles. The number of amides is 1. The van der Waals surface area contributed by atoms with Gasteiger partial charge >= 0.3 is 0 Å². The molecule has 0 atom stereocenters. The molecule has 0 N–H and O–H groups in total. The van der Waals surface area contributed by atoms with Crippen LogP contribution in [0.5, 0.6) is 0 Å². The van der Waals surface area contributed by atoms with E-state index in [1.807, 2.05) is 0 Å². The van der Waals surface area contributed by atoms with Crippen molar-refractivity contribution in [2.75, 3.05) is 14.1 Å². The minimum atomic E-state index is -0.0417. The molecular formula is C4H8BNO.